The van der Waals surface area contributed by atoms with Gasteiger partial charge in [0.2, 0.25) is 5.91 Å². The molecule has 2 unspecified atom stereocenters. The van der Waals surface area contributed by atoms with Crippen molar-refractivity contribution < 1.29 is 4.79 Å². The summed E-state index contributed by atoms with van der Waals surface area (Å²) < 4.78 is 0. The van der Waals surface area contributed by atoms with Gasteiger partial charge in [-0.3, -0.25) is 10.1 Å². The quantitative estimate of drug-likeness (QED) is 0.270. The van der Waals surface area contributed by atoms with Gasteiger partial charge in [0.15, 0.2) is 0 Å². The molecule has 5 nitrogen and oxygen atoms in total. The van der Waals surface area contributed by atoms with Gasteiger partial charge in [-0.05, 0) is 0 Å². The first-order chi connectivity index (χ1) is 5.09. The minimum Gasteiger partial charge on any atom is -0.368 e. The van der Waals surface area contributed by atoms with Crippen LogP contribution in [0.1, 0.15) is 0 Å². The van der Waals surface area contributed by atoms with E-state index in [-0.39, 0.29) is 0 Å². The lowest BCUT2D eigenvalue weighted by atomic mass is 10.2. The van der Waals surface area contributed by atoms with Crippen LogP contribution in [0.15, 0.2) is 12.7 Å². The Morgan fingerprint density at radius 1 is 1.64 bits per heavy atom. The number of carbonyl (C=O) groups excluding carboxylic acids is 1. The number of primary amides is 1. The molecular weight excluding hydrogens is 144 g/mol. The number of hydrogen-bond donors (Lipinski definition) is 4. The molecule has 0 saturated heterocycles. The standard InChI is InChI=1S/C6H14N4O/c1-2-3-10-5(8)4(7)6(9)11/h2,4-5,10H,1,3,7-8H2,(H2,9,11). The van der Waals surface area contributed by atoms with Crippen LogP contribution in [0.5, 0.6) is 0 Å². The maximum Gasteiger partial charge on any atom is 0.237 e. The van der Waals surface area contributed by atoms with E-state index in [4.69, 9.17) is 17.2 Å². The predicted molar refractivity (Wildman–Crippen MR) is 43.3 cm³/mol. The molecular formula is C6H14N4O. The summed E-state index contributed by atoms with van der Waals surface area (Å²) in [4.78, 5) is 10.5. The molecule has 5 heteroatoms. The highest BCUT2D eigenvalue weighted by atomic mass is 16.1. The average molecular weight is 158 g/mol. The Bertz CT molecular complexity index is 148. The summed E-state index contributed by atoms with van der Waals surface area (Å²) in [5.74, 6) is -0.617. The second-order valence-corrected chi connectivity index (χ2v) is 2.15. The first-order valence-corrected chi connectivity index (χ1v) is 3.24. The second kappa shape index (κ2) is 4.84. The Labute approximate surface area is 65.6 Å². The molecule has 11 heavy (non-hydrogen) atoms. The molecule has 0 radical (unpaired) electrons. The number of amides is 1. The van der Waals surface area contributed by atoms with Crippen molar-refractivity contribution in [2.45, 2.75) is 12.2 Å². The van der Waals surface area contributed by atoms with Crippen LogP contribution >= 0.6 is 0 Å². The second-order valence-electron chi connectivity index (χ2n) is 2.15. The lowest BCUT2D eigenvalue weighted by molar-refractivity contribution is -0.119. The molecule has 0 bridgehead atoms. The molecule has 0 aromatic rings. The fraction of sp³-hybridized carbons (Fsp3) is 0.500. The molecule has 64 valence electrons. The van der Waals surface area contributed by atoms with Gasteiger partial charge in [0, 0.05) is 6.54 Å². The van der Waals surface area contributed by atoms with Crippen molar-refractivity contribution in [2.75, 3.05) is 6.54 Å². The van der Waals surface area contributed by atoms with Crippen molar-refractivity contribution in [3.63, 3.8) is 0 Å². The van der Waals surface area contributed by atoms with Crippen LogP contribution in [0.25, 0.3) is 0 Å². The summed E-state index contributed by atoms with van der Waals surface area (Å²) >= 11 is 0. The maximum absolute atomic E-state index is 10.5. The molecule has 0 aliphatic heterocycles. The summed E-state index contributed by atoms with van der Waals surface area (Å²) in [6.45, 7) is 3.96. The van der Waals surface area contributed by atoms with Gasteiger partial charge < -0.3 is 17.2 Å². The third kappa shape index (κ3) is 3.72. The lowest BCUT2D eigenvalue weighted by Gasteiger charge is -2.16. The van der Waals surface area contributed by atoms with Crippen LogP contribution < -0.4 is 22.5 Å². The van der Waals surface area contributed by atoms with E-state index in [2.05, 4.69) is 11.9 Å². The van der Waals surface area contributed by atoms with Crippen molar-refractivity contribution in [3.05, 3.63) is 12.7 Å². The Kier molecular flexibility index (Phi) is 4.44. The van der Waals surface area contributed by atoms with Crippen molar-refractivity contribution >= 4 is 5.91 Å². The van der Waals surface area contributed by atoms with Gasteiger partial charge in [0.25, 0.3) is 0 Å². The summed E-state index contributed by atoms with van der Waals surface area (Å²) in [7, 11) is 0. The minimum absolute atomic E-state index is 0.502. The van der Waals surface area contributed by atoms with E-state index in [1.54, 1.807) is 6.08 Å². The molecule has 0 aromatic carbocycles. The van der Waals surface area contributed by atoms with E-state index in [9.17, 15) is 4.79 Å². The molecule has 1 amide bonds. The van der Waals surface area contributed by atoms with E-state index in [0.29, 0.717) is 6.54 Å². The van der Waals surface area contributed by atoms with Gasteiger partial charge in [-0.2, -0.15) is 0 Å². The van der Waals surface area contributed by atoms with Crippen LogP contribution in [-0.4, -0.2) is 24.7 Å². The van der Waals surface area contributed by atoms with E-state index in [1.807, 2.05) is 0 Å². The SMILES string of the molecule is C=CCNC(N)C(N)C(N)=O. The predicted octanol–water partition coefficient (Wildman–Crippen LogP) is -2.14. The van der Waals surface area contributed by atoms with Crippen LogP contribution in [-0.2, 0) is 4.79 Å². The van der Waals surface area contributed by atoms with Gasteiger partial charge >= 0.3 is 0 Å². The molecule has 0 heterocycles. The van der Waals surface area contributed by atoms with E-state index in [1.165, 1.54) is 0 Å². The highest BCUT2D eigenvalue weighted by Gasteiger charge is 2.16. The highest BCUT2D eigenvalue weighted by molar-refractivity contribution is 5.80. The molecule has 0 aliphatic carbocycles. The highest BCUT2D eigenvalue weighted by Crippen LogP contribution is 1.80. The van der Waals surface area contributed by atoms with E-state index >= 15 is 0 Å². The molecule has 0 rings (SSSR count). The zero-order valence-corrected chi connectivity index (χ0v) is 6.29. The molecule has 7 N–H and O–H groups in total. The maximum atomic E-state index is 10.5. The number of nitrogens with one attached hydrogen (secondary N) is 1. The average Bonchev–Trinajstić information content (AvgIpc) is 1.98. The molecule has 0 fully saturated rings. The first-order valence-electron chi connectivity index (χ1n) is 3.24. The third-order valence-electron chi connectivity index (χ3n) is 1.21. The van der Waals surface area contributed by atoms with Crippen molar-refractivity contribution in [1.29, 1.82) is 0 Å². The minimum atomic E-state index is -0.852. The smallest absolute Gasteiger partial charge is 0.237 e. The number of rotatable bonds is 5. The Balaban J connectivity index is 3.72. The number of hydrogen-bond acceptors (Lipinski definition) is 4. The van der Waals surface area contributed by atoms with E-state index < -0.39 is 18.1 Å². The Hall–Kier alpha value is -0.910. The summed E-state index contributed by atoms with van der Waals surface area (Å²) in [6.07, 6.45) is 1.01. The normalized spacial score (nSPS) is 15.5. The van der Waals surface area contributed by atoms with Gasteiger partial charge in [-0.1, -0.05) is 6.08 Å². The van der Waals surface area contributed by atoms with Crippen LogP contribution in [0.4, 0.5) is 0 Å². The fourth-order valence-electron chi connectivity index (χ4n) is 0.523. The van der Waals surface area contributed by atoms with Gasteiger partial charge in [0.1, 0.15) is 6.04 Å². The summed E-state index contributed by atoms with van der Waals surface area (Å²) in [5, 5.41) is 2.75. The summed E-state index contributed by atoms with van der Waals surface area (Å²) in [6, 6.07) is -0.852. The monoisotopic (exact) mass is 158 g/mol. The number of nitrogens with two attached hydrogens (primary N) is 3. The van der Waals surface area contributed by atoms with E-state index in [0.717, 1.165) is 0 Å². The molecule has 0 aliphatic rings. The van der Waals surface area contributed by atoms with Crippen LogP contribution in [0.3, 0.4) is 0 Å². The van der Waals surface area contributed by atoms with Crippen molar-refractivity contribution in [3.8, 4) is 0 Å². The third-order valence-corrected chi connectivity index (χ3v) is 1.21. The van der Waals surface area contributed by atoms with Crippen LogP contribution in [0, 0.1) is 0 Å². The first kappa shape index (κ1) is 10.1. The van der Waals surface area contributed by atoms with Crippen molar-refractivity contribution in [1.82, 2.24) is 5.32 Å². The molecule has 0 saturated carbocycles. The van der Waals surface area contributed by atoms with Gasteiger partial charge in [-0.25, -0.2) is 0 Å². The van der Waals surface area contributed by atoms with Crippen LogP contribution in [0.2, 0.25) is 0 Å². The van der Waals surface area contributed by atoms with Gasteiger partial charge in [0.05, 0.1) is 6.17 Å². The number of carbonyl (C=O) groups is 1. The van der Waals surface area contributed by atoms with Crippen molar-refractivity contribution in [2.24, 2.45) is 17.2 Å². The Morgan fingerprint density at radius 2 is 2.18 bits per heavy atom. The lowest BCUT2D eigenvalue weighted by Crippen LogP contribution is -2.57. The topological polar surface area (TPSA) is 107 Å². The molecule has 0 spiro atoms. The largest absolute Gasteiger partial charge is 0.368 e. The van der Waals surface area contributed by atoms with Gasteiger partial charge in [-0.15, -0.1) is 6.58 Å². The summed E-state index contributed by atoms with van der Waals surface area (Å²) in [5.41, 5.74) is 15.6. The zero-order chi connectivity index (χ0) is 8.85. The zero-order valence-electron chi connectivity index (χ0n) is 6.29. The molecule has 2 atom stereocenters. The fourth-order valence-corrected chi connectivity index (χ4v) is 0.523. The molecule has 0 aromatic heterocycles. The Morgan fingerprint density at radius 3 is 2.55 bits per heavy atom.